The van der Waals surface area contributed by atoms with Crippen molar-refractivity contribution in [2.24, 2.45) is 17.6 Å². The van der Waals surface area contributed by atoms with E-state index in [2.05, 4.69) is 9.97 Å². The Kier molecular flexibility index (Phi) is 2.50. The maximum atomic E-state index is 14.0. The van der Waals surface area contributed by atoms with Crippen LogP contribution in [0.3, 0.4) is 0 Å². The smallest absolute Gasteiger partial charge is 0.186 e. The van der Waals surface area contributed by atoms with Crippen molar-refractivity contribution in [1.29, 1.82) is 0 Å². The van der Waals surface area contributed by atoms with E-state index in [0.29, 0.717) is 23.3 Å². The average Bonchev–Trinajstić information content (AvgIpc) is 2.54. The molecule has 3 rings (SSSR count). The Balaban J connectivity index is 1.89. The maximum absolute atomic E-state index is 14.0. The third-order valence-corrected chi connectivity index (χ3v) is 4.15. The van der Waals surface area contributed by atoms with Crippen molar-refractivity contribution in [3.63, 3.8) is 0 Å². The first-order chi connectivity index (χ1) is 8.16. The highest BCUT2D eigenvalue weighted by Gasteiger charge is 2.40. The van der Waals surface area contributed by atoms with Crippen LogP contribution >= 0.6 is 0 Å². The zero-order valence-electron chi connectivity index (χ0n) is 9.93. The van der Waals surface area contributed by atoms with Gasteiger partial charge in [-0.15, -0.1) is 0 Å². The van der Waals surface area contributed by atoms with Crippen LogP contribution in [0.25, 0.3) is 0 Å². The van der Waals surface area contributed by atoms with Crippen molar-refractivity contribution in [1.82, 2.24) is 9.97 Å². The van der Waals surface area contributed by atoms with Crippen LogP contribution in [-0.2, 0) is 0 Å². The zero-order valence-corrected chi connectivity index (χ0v) is 9.93. The Bertz CT molecular complexity index is 423. The van der Waals surface area contributed by atoms with Crippen LogP contribution in [-0.4, -0.2) is 29.1 Å². The highest BCUT2D eigenvalue weighted by atomic mass is 19.1. The fourth-order valence-electron chi connectivity index (χ4n) is 3.10. The van der Waals surface area contributed by atoms with Gasteiger partial charge in [0.1, 0.15) is 6.33 Å². The van der Waals surface area contributed by atoms with Crippen molar-refractivity contribution >= 4 is 5.82 Å². The Labute approximate surface area is 100 Å². The Morgan fingerprint density at radius 3 is 2.59 bits per heavy atom. The summed E-state index contributed by atoms with van der Waals surface area (Å²) >= 11 is 0. The lowest BCUT2D eigenvalue weighted by atomic mass is 9.93. The molecule has 1 aliphatic heterocycles. The van der Waals surface area contributed by atoms with Crippen LogP contribution in [0.15, 0.2) is 6.33 Å². The minimum Gasteiger partial charge on any atom is -0.353 e. The molecule has 2 bridgehead atoms. The second kappa shape index (κ2) is 3.91. The van der Waals surface area contributed by atoms with E-state index in [4.69, 9.17) is 5.73 Å². The standard InChI is InChI=1S/C12H17FN4/c1-7-10(13)12(16-6-15-7)17-4-8-2-3-9(5-17)11(8)14/h6,8-9,11H,2-5,14H2,1H3/t8-,9+,11+. The van der Waals surface area contributed by atoms with Crippen molar-refractivity contribution in [3.8, 4) is 0 Å². The number of piperidine rings is 1. The van der Waals surface area contributed by atoms with Gasteiger partial charge in [-0.05, 0) is 31.6 Å². The topological polar surface area (TPSA) is 55.0 Å². The van der Waals surface area contributed by atoms with E-state index in [1.165, 1.54) is 6.33 Å². The molecule has 0 amide bonds. The average molecular weight is 236 g/mol. The predicted molar refractivity (Wildman–Crippen MR) is 63.1 cm³/mol. The second-order valence-electron chi connectivity index (χ2n) is 5.18. The molecular weight excluding hydrogens is 219 g/mol. The van der Waals surface area contributed by atoms with Crippen molar-refractivity contribution in [2.75, 3.05) is 18.0 Å². The Hall–Kier alpha value is -1.23. The SMILES string of the molecule is Cc1ncnc(N2C[C@H]3CC[C@@H](C2)[C@H]3N)c1F. The largest absolute Gasteiger partial charge is 0.353 e. The molecule has 0 spiro atoms. The highest BCUT2D eigenvalue weighted by molar-refractivity contribution is 5.42. The van der Waals surface area contributed by atoms with E-state index in [-0.39, 0.29) is 11.9 Å². The third kappa shape index (κ3) is 1.69. The van der Waals surface area contributed by atoms with Gasteiger partial charge in [-0.25, -0.2) is 14.4 Å². The van der Waals surface area contributed by atoms with Gasteiger partial charge < -0.3 is 10.6 Å². The van der Waals surface area contributed by atoms with E-state index >= 15 is 0 Å². The number of hydrogen-bond acceptors (Lipinski definition) is 4. The molecule has 92 valence electrons. The summed E-state index contributed by atoms with van der Waals surface area (Å²) in [6.07, 6.45) is 3.76. The summed E-state index contributed by atoms with van der Waals surface area (Å²) in [7, 11) is 0. The number of halogens is 1. The quantitative estimate of drug-likeness (QED) is 0.793. The first-order valence-corrected chi connectivity index (χ1v) is 6.14. The fourth-order valence-corrected chi connectivity index (χ4v) is 3.10. The van der Waals surface area contributed by atoms with E-state index in [1.54, 1.807) is 6.92 Å². The van der Waals surface area contributed by atoms with Crippen molar-refractivity contribution in [2.45, 2.75) is 25.8 Å². The van der Waals surface area contributed by atoms with Gasteiger partial charge in [0.25, 0.3) is 0 Å². The Morgan fingerprint density at radius 2 is 1.94 bits per heavy atom. The molecule has 5 heteroatoms. The van der Waals surface area contributed by atoms with E-state index in [1.807, 2.05) is 4.90 Å². The number of aromatic nitrogens is 2. The molecule has 2 heterocycles. The van der Waals surface area contributed by atoms with Crippen molar-refractivity contribution in [3.05, 3.63) is 17.8 Å². The van der Waals surface area contributed by atoms with Gasteiger partial charge in [-0.1, -0.05) is 0 Å². The normalized spacial score (nSPS) is 31.9. The maximum Gasteiger partial charge on any atom is 0.186 e. The molecular formula is C12H17FN4. The fraction of sp³-hybridized carbons (Fsp3) is 0.667. The summed E-state index contributed by atoms with van der Waals surface area (Å²) in [5, 5.41) is 0. The molecule has 0 unspecified atom stereocenters. The molecule has 1 saturated heterocycles. The summed E-state index contributed by atoms with van der Waals surface area (Å²) in [6.45, 7) is 3.32. The number of aryl methyl sites for hydroxylation is 1. The summed E-state index contributed by atoms with van der Waals surface area (Å²) in [4.78, 5) is 9.99. The van der Waals surface area contributed by atoms with Gasteiger partial charge in [0, 0.05) is 19.1 Å². The van der Waals surface area contributed by atoms with Crippen LogP contribution in [0, 0.1) is 24.6 Å². The molecule has 0 radical (unpaired) electrons. The molecule has 2 N–H and O–H groups in total. The number of anilines is 1. The minimum absolute atomic E-state index is 0.289. The molecule has 1 aromatic rings. The summed E-state index contributed by atoms with van der Waals surface area (Å²) in [6, 6.07) is 0.289. The van der Waals surface area contributed by atoms with Gasteiger partial charge in [-0.3, -0.25) is 0 Å². The predicted octanol–water partition coefficient (Wildman–Crippen LogP) is 1.10. The molecule has 2 fully saturated rings. The van der Waals surface area contributed by atoms with Gasteiger partial charge >= 0.3 is 0 Å². The van der Waals surface area contributed by atoms with Crippen LogP contribution in [0.5, 0.6) is 0 Å². The van der Waals surface area contributed by atoms with E-state index < -0.39 is 0 Å². The molecule has 0 aromatic carbocycles. The second-order valence-corrected chi connectivity index (χ2v) is 5.18. The number of nitrogens with two attached hydrogens (primary N) is 1. The number of rotatable bonds is 1. The van der Waals surface area contributed by atoms with Crippen LogP contribution in [0.1, 0.15) is 18.5 Å². The van der Waals surface area contributed by atoms with Crippen LogP contribution in [0.2, 0.25) is 0 Å². The molecule has 1 saturated carbocycles. The number of nitrogens with zero attached hydrogens (tertiary/aromatic N) is 3. The molecule has 17 heavy (non-hydrogen) atoms. The summed E-state index contributed by atoms with van der Waals surface area (Å²) < 4.78 is 14.0. The molecule has 1 aliphatic carbocycles. The first-order valence-electron chi connectivity index (χ1n) is 6.14. The van der Waals surface area contributed by atoms with Gasteiger partial charge in [0.15, 0.2) is 11.6 Å². The van der Waals surface area contributed by atoms with Gasteiger partial charge in [-0.2, -0.15) is 0 Å². The third-order valence-electron chi connectivity index (χ3n) is 4.15. The van der Waals surface area contributed by atoms with Crippen LogP contribution < -0.4 is 10.6 Å². The summed E-state index contributed by atoms with van der Waals surface area (Å²) in [5.74, 6) is 1.13. The lowest BCUT2D eigenvalue weighted by molar-refractivity contribution is 0.352. The molecule has 4 nitrogen and oxygen atoms in total. The molecule has 1 aromatic heterocycles. The monoisotopic (exact) mass is 236 g/mol. The lowest BCUT2D eigenvalue weighted by Gasteiger charge is -2.36. The van der Waals surface area contributed by atoms with E-state index in [9.17, 15) is 4.39 Å². The summed E-state index contributed by atoms with van der Waals surface area (Å²) in [5.41, 5.74) is 6.55. The van der Waals surface area contributed by atoms with Crippen molar-refractivity contribution < 1.29 is 4.39 Å². The molecule has 2 aliphatic rings. The molecule has 3 atom stereocenters. The Morgan fingerprint density at radius 1 is 1.29 bits per heavy atom. The van der Waals surface area contributed by atoms with Gasteiger partial charge in [0.2, 0.25) is 0 Å². The van der Waals surface area contributed by atoms with Gasteiger partial charge in [0.05, 0.1) is 5.69 Å². The van der Waals surface area contributed by atoms with Crippen LogP contribution in [0.4, 0.5) is 10.2 Å². The first kappa shape index (κ1) is 10.9. The minimum atomic E-state index is -0.289. The zero-order chi connectivity index (χ0) is 12.0. The number of fused-ring (bicyclic) bond motifs is 2. The van der Waals surface area contributed by atoms with E-state index in [0.717, 1.165) is 25.9 Å². The highest BCUT2D eigenvalue weighted by Crippen LogP contribution is 2.37. The lowest BCUT2D eigenvalue weighted by Crippen LogP contribution is -2.49. The number of hydrogen-bond donors (Lipinski definition) is 1.